The van der Waals surface area contributed by atoms with Gasteiger partial charge in [0.15, 0.2) is 0 Å². The molecule has 1 N–H and O–H groups in total. The summed E-state index contributed by atoms with van der Waals surface area (Å²) >= 11 is 12.0. The highest BCUT2D eigenvalue weighted by molar-refractivity contribution is 6.35. The lowest BCUT2D eigenvalue weighted by atomic mass is 10.2. The van der Waals surface area contributed by atoms with E-state index in [1.54, 1.807) is 31.5 Å². The van der Waals surface area contributed by atoms with Gasteiger partial charge in [-0.15, -0.1) is 0 Å². The summed E-state index contributed by atoms with van der Waals surface area (Å²) in [6, 6.07) is 8.90. The Morgan fingerprint density at radius 1 is 1.24 bits per heavy atom. The van der Waals surface area contributed by atoms with Crippen LogP contribution in [-0.4, -0.2) is 25.2 Å². The molecule has 1 aromatic heterocycles. The molecule has 0 amide bonds. The van der Waals surface area contributed by atoms with Crippen molar-refractivity contribution in [3.05, 3.63) is 52.1 Å². The van der Waals surface area contributed by atoms with Gasteiger partial charge in [0.05, 0.1) is 11.6 Å². The molecule has 0 radical (unpaired) electrons. The van der Waals surface area contributed by atoms with E-state index in [4.69, 9.17) is 32.7 Å². The predicted molar refractivity (Wildman–Crippen MR) is 84.4 cm³/mol. The van der Waals surface area contributed by atoms with Crippen molar-refractivity contribution in [2.45, 2.75) is 6.54 Å². The van der Waals surface area contributed by atoms with Crippen LogP contribution in [-0.2, 0) is 11.3 Å². The van der Waals surface area contributed by atoms with Crippen molar-refractivity contribution in [2.75, 3.05) is 20.3 Å². The maximum atomic E-state index is 6.11. The van der Waals surface area contributed by atoms with Gasteiger partial charge in [0, 0.05) is 37.0 Å². The van der Waals surface area contributed by atoms with E-state index in [0.29, 0.717) is 34.8 Å². The van der Waals surface area contributed by atoms with E-state index in [2.05, 4.69) is 10.3 Å². The fourth-order valence-corrected chi connectivity index (χ4v) is 2.16. The van der Waals surface area contributed by atoms with Crippen molar-refractivity contribution in [1.82, 2.24) is 10.3 Å². The van der Waals surface area contributed by atoms with Crippen LogP contribution in [0.3, 0.4) is 0 Å². The fourth-order valence-electron chi connectivity index (χ4n) is 1.71. The van der Waals surface area contributed by atoms with Gasteiger partial charge in [0.1, 0.15) is 5.75 Å². The first kappa shape index (κ1) is 16.0. The molecule has 0 fully saturated rings. The molecule has 1 heterocycles. The molecule has 0 aliphatic rings. The third kappa shape index (κ3) is 4.86. The largest absolute Gasteiger partial charge is 0.437 e. The number of hydrogen-bond acceptors (Lipinski definition) is 4. The summed E-state index contributed by atoms with van der Waals surface area (Å²) in [5.74, 6) is 1.05. The van der Waals surface area contributed by atoms with Crippen molar-refractivity contribution >= 4 is 23.2 Å². The Morgan fingerprint density at radius 2 is 2.10 bits per heavy atom. The van der Waals surface area contributed by atoms with E-state index >= 15 is 0 Å². The molecule has 0 bridgehead atoms. The number of hydrogen-bond donors (Lipinski definition) is 1. The molecule has 6 heteroatoms. The average Bonchev–Trinajstić information content (AvgIpc) is 2.48. The summed E-state index contributed by atoms with van der Waals surface area (Å²) in [4.78, 5) is 4.25. The van der Waals surface area contributed by atoms with Gasteiger partial charge in [-0.05, 0) is 24.3 Å². The molecule has 0 unspecified atom stereocenters. The number of methoxy groups -OCH3 is 1. The van der Waals surface area contributed by atoms with Gasteiger partial charge in [-0.3, -0.25) is 0 Å². The second-order valence-corrected chi connectivity index (χ2v) is 5.16. The molecular weight excluding hydrogens is 311 g/mol. The van der Waals surface area contributed by atoms with Gasteiger partial charge < -0.3 is 14.8 Å². The maximum absolute atomic E-state index is 6.11. The molecule has 4 nitrogen and oxygen atoms in total. The normalized spacial score (nSPS) is 10.6. The first-order valence-electron chi connectivity index (χ1n) is 6.47. The van der Waals surface area contributed by atoms with Crippen molar-refractivity contribution in [3.63, 3.8) is 0 Å². The standard InChI is InChI=1S/C15H16Cl2N2O2/c1-20-8-7-18-10-11-3-2-6-19-15(11)21-14-5-4-12(16)9-13(14)17/h2-6,9,18H,7-8,10H2,1H3. The van der Waals surface area contributed by atoms with Crippen LogP contribution in [0.25, 0.3) is 0 Å². The molecule has 1 aromatic carbocycles. The number of nitrogens with one attached hydrogen (secondary N) is 1. The summed E-state index contributed by atoms with van der Waals surface area (Å²) in [5, 5.41) is 4.27. The SMILES string of the molecule is COCCNCc1cccnc1Oc1ccc(Cl)cc1Cl. The Kier molecular flexibility index (Phi) is 6.26. The highest BCUT2D eigenvalue weighted by Gasteiger charge is 2.09. The Labute approximate surface area is 134 Å². The van der Waals surface area contributed by atoms with Gasteiger partial charge in [-0.2, -0.15) is 0 Å². The lowest BCUT2D eigenvalue weighted by molar-refractivity contribution is 0.199. The third-order valence-electron chi connectivity index (χ3n) is 2.75. The van der Waals surface area contributed by atoms with E-state index in [0.717, 1.165) is 12.1 Å². The molecule has 0 atom stereocenters. The van der Waals surface area contributed by atoms with Gasteiger partial charge in [0.2, 0.25) is 5.88 Å². The Morgan fingerprint density at radius 3 is 2.86 bits per heavy atom. The van der Waals surface area contributed by atoms with E-state index < -0.39 is 0 Å². The van der Waals surface area contributed by atoms with Crippen LogP contribution in [0.15, 0.2) is 36.5 Å². The van der Waals surface area contributed by atoms with Crippen LogP contribution in [0, 0.1) is 0 Å². The number of nitrogens with zero attached hydrogens (tertiary/aromatic N) is 1. The first-order valence-corrected chi connectivity index (χ1v) is 7.22. The zero-order chi connectivity index (χ0) is 15.1. The monoisotopic (exact) mass is 326 g/mol. The van der Waals surface area contributed by atoms with Crippen LogP contribution in [0.2, 0.25) is 10.0 Å². The quantitative estimate of drug-likeness (QED) is 0.783. The summed E-state index contributed by atoms with van der Waals surface area (Å²) in [6.45, 7) is 2.05. The number of rotatable bonds is 7. The molecule has 2 aromatic rings. The zero-order valence-electron chi connectivity index (χ0n) is 11.6. The van der Waals surface area contributed by atoms with Crippen LogP contribution in [0.4, 0.5) is 0 Å². The summed E-state index contributed by atoms with van der Waals surface area (Å²) in [5.41, 5.74) is 0.944. The molecule has 112 valence electrons. The second kappa shape index (κ2) is 8.20. The third-order valence-corrected chi connectivity index (χ3v) is 3.28. The minimum Gasteiger partial charge on any atom is -0.437 e. The zero-order valence-corrected chi connectivity index (χ0v) is 13.1. The van der Waals surface area contributed by atoms with Gasteiger partial charge >= 0.3 is 0 Å². The van der Waals surface area contributed by atoms with Crippen molar-refractivity contribution in [1.29, 1.82) is 0 Å². The van der Waals surface area contributed by atoms with Crippen LogP contribution >= 0.6 is 23.2 Å². The summed E-state index contributed by atoms with van der Waals surface area (Å²) in [6.07, 6.45) is 1.68. The van der Waals surface area contributed by atoms with Crippen LogP contribution in [0.1, 0.15) is 5.56 Å². The van der Waals surface area contributed by atoms with Crippen LogP contribution in [0.5, 0.6) is 11.6 Å². The maximum Gasteiger partial charge on any atom is 0.223 e. The molecule has 0 spiro atoms. The Bertz CT molecular complexity index is 594. The molecule has 0 saturated carbocycles. The lowest BCUT2D eigenvalue weighted by Crippen LogP contribution is -2.19. The van der Waals surface area contributed by atoms with Gasteiger partial charge in [0.25, 0.3) is 0 Å². The summed E-state index contributed by atoms with van der Waals surface area (Å²) in [7, 11) is 1.67. The summed E-state index contributed by atoms with van der Waals surface area (Å²) < 4.78 is 10.8. The smallest absolute Gasteiger partial charge is 0.223 e. The highest BCUT2D eigenvalue weighted by atomic mass is 35.5. The topological polar surface area (TPSA) is 43.4 Å². The minimum absolute atomic E-state index is 0.450. The van der Waals surface area contributed by atoms with Crippen molar-refractivity contribution in [2.24, 2.45) is 0 Å². The van der Waals surface area contributed by atoms with E-state index in [9.17, 15) is 0 Å². The average molecular weight is 327 g/mol. The molecule has 2 rings (SSSR count). The van der Waals surface area contributed by atoms with Crippen molar-refractivity contribution < 1.29 is 9.47 Å². The van der Waals surface area contributed by atoms with E-state index in [1.807, 2.05) is 12.1 Å². The van der Waals surface area contributed by atoms with Gasteiger partial charge in [-0.25, -0.2) is 4.98 Å². The first-order chi connectivity index (χ1) is 10.2. The molecular formula is C15H16Cl2N2O2. The van der Waals surface area contributed by atoms with E-state index in [1.165, 1.54) is 0 Å². The molecule has 0 saturated heterocycles. The van der Waals surface area contributed by atoms with E-state index in [-0.39, 0.29) is 0 Å². The Hall–Kier alpha value is -1.33. The van der Waals surface area contributed by atoms with Gasteiger partial charge in [-0.1, -0.05) is 29.3 Å². The number of pyridine rings is 1. The molecule has 21 heavy (non-hydrogen) atoms. The highest BCUT2D eigenvalue weighted by Crippen LogP contribution is 2.31. The minimum atomic E-state index is 0.450. The number of aromatic nitrogens is 1. The number of benzene rings is 1. The lowest BCUT2D eigenvalue weighted by Gasteiger charge is -2.11. The van der Waals surface area contributed by atoms with Crippen LogP contribution < -0.4 is 10.1 Å². The Balaban J connectivity index is 2.08. The fraction of sp³-hybridized carbons (Fsp3) is 0.267. The molecule has 0 aliphatic carbocycles. The number of halogens is 2. The molecule has 0 aliphatic heterocycles. The van der Waals surface area contributed by atoms with Crippen molar-refractivity contribution in [3.8, 4) is 11.6 Å². The second-order valence-electron chi connectivity index (χ2n) is 4.31. The number of ether oxygens (including phenoxy) is 2. The predicted octanol–water partition coefficient (Wildman–Crippen LogP) is 3.92.